The molecule has 1 aliphatic heterocycles. The van der Waals surface area contributed by atoms with Crippen molar-refractivity contribution in [3.8, 4) is 12.3 Å². The van der Waals surface area contributed by atoms with Gasteiger partial charge in [-0.05, 0) is 44.1 Å². The summed E-state index contributed by atoms with van der Waals surface area (Å²) in [6, 6.07) is 7.44. The largest absolute Gasteiger partial charge is 0.349 e. The van der Waals surface area contributed by atoms with Gasteiger partial charge in [0.15, 0.2) is 0 Å². The molecule has 88 valence electrons. The normalized spacial score (nSPS) is 16.2. The number of rotatable bonds is 2. The zero-order chi connectivity index (χ0) is 12.1. The first-order valence-corrected chi connectivity index (χ1v) is 5.88. The lowest BCUT2D eigenvalue weighted by Gasteiger charge is -2.23. The summed E-state index contributed by atoms with van der Waals surface area (Å²) in [4.78, 5) is 12.0. The van der Waals surface area contributed by atoms with E-state index in [1.54, 1.807) is 12.1 Å². The van der Waals surface area contributed by atoms with E-state index in [4.69, 9.17) is 6.42 Å². The van der Waals surface area contributed by atoms with E-state index >= 15 is 0 Å². The van der Waals surface area contributed by atoms with Crippen LogP contribution in [0.1, 0.15) is 28.8 Å². The molecule has 0 aliphatic carbocycles. The molecule has 3 heteroatoms. The van der Waals surface area contributed by atoms with Gasteiger partial charge in [0.1, 0.15) is 0 Å². The Hall–Kier alpha value is -1.79. The van der Waals surface area contributed by atoms with E-state index in [1.165, 1.54) is 0 Å². The van der Waals surface area contributed by atoms with Crippen LogP contribution in [0.15, 0.2) is 24.3 Å². The highest BCUT2D eigenvalue weighted by atomic mass is 16.1. The summed E-state index contributed by atoms with van der Waals surface area (Å²) in [6.45, 7) is 1.94. The number of terminal acetylenes is 1. The van der Waals surface area contributed by atoms with E-state index in [9.17, 15) is 4.79 Å². The van der Waals surface area contributed by atoms with Gasteiger partial charge in [-0.1, -0.05) is 12.0 Å². The molecule has 1 amide bonds. The number of hydrogen-bond acceptors (Lipinski definition) is 2. The van der Waals surface area contributed by atoms with Crippen molar-refractivity contribution in [1.29, 1.82) is 0 Å². The summed E-state index contributed by atoms with van der Waals surface area (Å²) in [5.74, 6) is 2.50. The third-order valence-electron chi connectivity index (χ3n) is 2.97. The first-order chi connectivity index (χ1) is 8.29. The van der Waals surface area contributed by atoms with Gasteiger partial charge in [-0.25, -0.2) is 0 Å². The molecule has 3 nitrogen and oxygen atoms in total. The van der Waals surface area contributed by atoms with Crippen LogP contribution >= 0.6 is 0 Å². The molecule has 0 spiro atoms. The van der Waals surface area contributed by atoms with Crippen LogP contribution in [0.2, 0.25) is 0 Å². The van der Waals surface area contributed by atoms with Crippen LogP contribution in [0.3, 0.4) is 0 Å². The smallest absolute Gasteiger partial charge is 0.251 e. The molecule has 0 atom stereocenters. The molecule has 2 N–H and O–H groups in total. The number of piperidine rings is 1. The Balaban J connectivity index is 2.01. The molecule has 1 heterocycles. The molecule has 1 aliphatic rings. The maximum Gasteiger partial charge on any atom is 0.251 e. The van der Waals surface area contributed by atoms with Crippen LogP contribution in [0.4, 0.5) is 0 Å². The molecule has 1 aromatic rings. The number of hydrogen-bond donors (Lipinski definition) is 2. The van der Waals surface area contributed by atoms with Gasteiger partial charge in [-0.2, -0.15) is 0 Å². The van der Waals surface area contributed by atoms with Crippen molar-refractivity contribution in [1.82, 2.24) is 10.6 Å². The van der Waals surface area contributed by atoms with Crippen molar-refractivity contribution in [3.63, 3.8) is 0 Å². The Morgan fingerprint density at radius 2 is 2.18 bits per heavy atom. The summed E-state index contributed by atoms with van der Waals surface area (Å²) in [5, 5.41) is 6.31. The summed E-state index contributed by atoms with van der Waals surface area (Å²) in [7, 11) is 0. The average molecular weight is 228 g/mol. The van der Waals surface area contributed by atoms with Crippen LogP contribution < -0.4 is 10.6 Å². The van der Waals surface area contributed by atoms with Crippen LogP contribution in [0.25, 0.3) is 0 Å². The molecule has 0 unspecified atom stereocenters. The number of nitrogens with one attached hydrogen (secondary N) is 2. The van der Waals surface area contributed by atoms with Crippen LogP contribution in [0.5, 0.6) is 0 Å². The Morgan fingerprint density at radius 3 is 2.88 bits per heavy atom. The minimum absolute atomic E-state index is 0.0333. The first kappa shape index (κ1) is 11.7. The Bertz CT molecular complexity index is 442. The highest BCUT2D eigenvalue weighted by molar-refractivity contribution is 5.94. The van der Waals surface area contributed by atoms with Gasteiger partial charge < -0.3 is 10.6 Å². The zero-order valence-electron chi connectivity index (χ0n) is 9.70. The molecular weight excluding hydrogens is 212 g/mol. The zero-order valence-corrected chi connectivity index (χ0v) is 9.70. The van der Waals surface area contributed by atoms with Crippen molar-refractivity contribution in [3.05, 3.63) is 35.4 Å². The monoisotopic (exact) mass is 228 g/mol. The highest BCUT2D eigenvalue weighted by Crippen LogP contribution is 2.07. The molecule has 1 saturated heterocycles. The Kier molecular flexibility index (Phi) is 3.79. The van der Waals surface area contributed by atoms with E-state index < -0.39 is 0 Å². The number of carbonyl (C=O) groups excluding carboxylic acids is 1. The fourth-order valence-corrected chi connectivity index (χ4v) is 1.99. The Labute approximate surface area is 102 Å². The standard InChI is InChI=1S/C14H16N2O/c1-2-11-4-3-5-12(10-11)14(17)16-13-6-8-15-9-7-13/h1,3-5,10,13,15H,6-9H2,(H,16,17). The summed E-state index contributed by atoms with van der Waals surface area (Å²) < 4.78 is 0. The van der Waals surface area contributed by atoms with Crippen molar-refractivity contribution < 1.29 is 4.79 Å². The predicted molar refractivity (Wildman–Crippen MR) is 67.7 cm³/mol. The number of benzene rings is 1. The molecule has 0 aromatic heterocycles. The second kappa shape index (κ2) is 5.51. The van der Waals surface area contributed by atoms with Crippen LogP contribution in [-0.4, -0.2) is 25.0 Å². The molecule has 1 fully saturated rings. The SMILES string of the molecule is C#Cc1cccc(C(=O)NC2CCNCC2)c1. The Morgan fingerprint density at radius 1 is 1.41 bits per heavy atom. The van der Waals surface area contributed by atoms with E-state index in [0.29, 0.717) is 5.56 Å². The van der Waals surface area contributed by atoms with Gasteiger partial charge in [0, 0.05) is 17.2 Å². The average Bonchev–Trinajstić information content (AvgIpc) is 2.40. The van der Waals surface area contributed by atoms with E-state index in [-0.39, 0.29) is 11.9 Å². The topological polar surface area (TPSA) is 41.1 Å². The van der Waals surface area contributed by atoms with E-state index in [0.717, 1.165) is 31.5 Å². The molecule has 0 radical (unpaired) electrons. The first-order valence-electron chi connectivity index (χ1n) is 5.88. The second-order valence-corrected chi connectivity index (χ2v) is 4.22. The summed E-state index contributed by atoms with van der Waals surface area (Å²) >= 11 is 0. The fourth-order valence-electron chi connectivity index (χ4n) is 1.99. The maximum absolute atomic E-state index is 12.0. The molecular formula is C14H16N2O. The molecule has 0 saturated carbocycles. The third-order valence-corrected chi connectivity index (χ3v) is 2.97. The number of carbonyl (C=O) groups is 1. The van der Waals surface area contributed by atoms with Gasteiger partial charge >= 0.3 is 0 Å². The van der Waals surface area contributed by atoms with Crippen LogP contribution in [0, 0.1) is 12.3 Å². The lowest BCUT2D eigenvalue weighted by atomic mass is 10.1. The minimum atomic E-state index is -0.0333. The van der Waals surface area contributed by atoms with Crippen molar-refractivity contribution in [2.75, 3.05) is 13.1 Å². The minimum Gasteiger partial charge on any atom is -0.349 e. The second-order valence-electron chi connectivity index (χ2n) is 4.22. The van der Waals surface area contributed by atoms with Gasteiger partial charge in [-0.3, -0.25) is 4.79 Å². The number of amides is 1. The van der Waals surface area contributed by atoms with Crippen molar-refractivity contribution >= 4 is 5.91 Å². The third kappa shape index (κ3) is 3.08. The molecule has 0 bridgehead atoms. The fraction of sp³-hybridized carbons (Fsp3) is 0.357. The molecule has 17 heavy (non-hydrogen) atoms. The summed E-state index contributed by atoms with van der Waals surface area (Å²) in [6.07, 6.45) is 7.29. The summed E-state index contributed by atoms with van der Waals surface area (Å²) in [5.41, 5.74) is 1.38. The lowest BCUT2D eigenvalue weighted by Crippen LogP contribution is -2.42. The van der Waals surface area contributed by atoms with Gasteiger partial charge in [0.2, 0.25) is 0 Å². The van der Waals surface area contributed by atoms with E-state index in [1.807, 2.05) is 12.1 Å². The van der Waals surface area contributed by atoms with Crippen molar-refractivity contribution in [2.24, 2.45) is 0 Å². The lowest BCUT2D eigenvalue weighted by molar-refractivity contribution is 0.0929. The van der Waals surface area contributed by atoms with Crippen molar-refractivity contribution in [2.45, 2.75) is 18.9 Å². The molecule has 2 rings (SSSR count). The van der Waals surface area contributed by atoms with Gasteiger partial charge in [0.05, 0.1) is 0 Å². The maximum atomic E-state index is 12.0. The van der Waals surface area contributed by atoms with E-state index in [2.05, 4.69) is 16.6 Å². The van der Waals surface area contributed by atoms with Gasteiger partial charge in [0.25, 0.3) is 5.91 Å². The van der Waals surface area contributed by atoms with Gasteiger partial charge in [-0.15, -0.1) is 6.42 Å². The highest BCUT2D eigenvalue weighted by Gasteiger charge is 2.16. The molecule has 1 aromatic carbocycles. The predicted octanol–water partition coefficient (Wildman–Crippen LogP) is 1.15. The quantitative estimate of drug-likeness (QED) is 0.746. The van der Waals surface area contributed by atoms with Crippen LogP contribution in [-0.2, 0) is 0 Å².